The van der Waals surface area contributed by atoms with Gasteiger partial charge < -0.3 is 14.8 Å². The summed E-state index contributed by atoms with van der Waals surface area (Å²) < 4.78 is 2.33. The Bertz CT molecular complexity index is 579. The van der Waals surface area contributed by atoms with Crippen LogP contribution >= 0.6 is 24.0 Å². The summed E-state index contributed by atoms with van der Waals surface area (Å²) in [7, 11) is 1.91. The molecule has 0 amide bonds. The minimum atomic E-state index is 0. The molecule has 2 fully saturated rings. The number of hydrogen-bond acceptors (Lipinski definition) is 2. The molecule has 3 aliphatic rings. The van der Waals surface area contributed by atoms with E-state index in [1.165, 1.54) is 63.7 Å². The molecule has 1 aromatic rings. The summed E-state index contributed by atoms with van der Waals surface area (Å²) in [5, 5.41) is 3.56. The van der Waals surface area contributed by atoms with Crippen LogP contribution in [0.5, 0.6) is 0 Å². The van der Waals surface area contributed by atoms with E-state index in [-0.39, 0.29) is 24.0 Å². The summed E-state index contributed by atoms with van der Waals surface area (Å²) in [6, 6.07) is 0. The number of fused-ring (bicyclic) bond motifs is 1. The Kier molecular flexibility index (Phi) is 6.28. The first-order chi connectivity index (χ1) is 11.8. The molecule has 4 rings (SSSR count). The molecule has 1 N–H and O–H groups in total. The zero-order valence-electron chi connectivity index (χ0n) is 15.5. The van der Waals surface area contributed by atoms with Crippen LogP contribution in [0.1, 0.15) is 62.9 Å². The maximum Gasteiger partial charge on any atom is 0.193 e. The molecule has 6 heteroatoms. The topological polar surface area (TPSA) is 45.5 Å². The maximum absolute atomic E-state index is 4.79. The van der Waals surface area contributed by atoms with E-state index in [4.69, 9.17) is 4.98 Å². The van der Waals surface area contributed by atoms with E-state index in [0.29, 0.717) is 5.41 Å². The fourth-order valence-corrected chi connectivity index (χ4v) is 4.88. The third-order valence-electron chi connectivity index (χ3n) is 6.25. The van der Waals surface area contributed by atoms with Crippen LogP contribution in [0.3, 0.4) is 0 Å². The standard InChI is InChI=1S/C19H31N5.HI/c1-20-18(24-12-10-19(15-24)8-4-2-5-9-19)21-13-16-14-23-11-6-3-7-17(23)22-16;/h14H,2-13,15H2,1H3,(H,20,21);1H. The molecule has 0 atom stereocenters. The van der Waals surface area contributed by atoms with Gasteiger partial charge in [0, 0.05) is 39.3 Å². The number of rotatable bonds is 2. The van der Waals surface area contributed by atoms with E-state index in [2.05, 4.69) is 26.0 Å². The van der Waals surface area contributed by atoms with Gasteiger partial charge in [-0.05, 0) is 37.5 Å². The van der Waals surface area contributed by atoms with Crippen LogP contribution in [0.15, 0.2) is 11.2 Å². The third kappa shape index (κ3) is 4.14. The molecule has 1 saturated heterocycles. The number of likely N-dealkylation sites (tertiary alicyclic amines) is 1. The predicted molar refractivity (Wildman–Crippen MR) is 112 cm³/mol. The highest BCUT2D eigenvalue weighted by atomic mass is 127. The average Bonchev–Trinajstić information content (AvgIpc) is 3.20. The number of nitrogens with one attached hydrogen (secondary N) is 1. The normalized spacial score (nSPS) is 22.6. The molecule has 0 bridgehead atoms. The van der Waals surface area contributed by atoms with Crippen molar-refractivity contribution >= 4 is 29.9 Å². The number of guanidine groups is 1. The number of aromatic nitrogens is 2. The summed E-state index contributed by atoms with van der Waals surface area (Å²) >= 11 is 0. The van der Waals surface area contributed by atoms with Gasteiger partial charge in [-0.1, -0.05) is 19.3 Å². The Balaban J connectivity index is 0.00000182. The molecule has 1 aromatic heterocycles. The Morgan fingerprint density at radius 2 is 2.00 bits per heavy atom. The van der Waals surface area contributed by atoms with Gasteiger partial charge in [0.2, 0.25) is 0 Å². The van der Waals surface area contributed by atoms with Crippen molar-refractivity contribution < 1.29 is 0 Å². The van der Waals surface area contributed by atoms with Crippen molar-refractivity contribution in [3.8, 4) is 0 Å². The van der Waals surface area contributed by atoms with E-state index in [9.17, 15) is 0 Å². The van der Waals surface area contributed by atoms with E-state index in [0.717, 1.165) is 37.7 Å². The van der Waals surface area contributed by atoms with Gasteiger partial charge in [0.05, 0.1) is 12.2 Å². The number of imidazole rings is 1. The van der Waals surface area contributed by atoms with E-state index in [1.807, 2.05) is 7.05 Å². The summed E-state index contributed by atoms with van der Waals surface area (Å²) in [6.07, 6.45) is 14.3. The number of aryl methyl sites for hydroxylation is 2. The molecule has 0 radical (unpaired) electrons. The average molecular weight is 457 g/mol. The second kappa shape index (κ2) is 8.27. The highest BCUT2D eigenvalue weighted by Gasteiger charge is 2.39. The summed E-state index contributed by atoms with van der Waals surface area (Å²) in [5.74, 6) is 2.32. The summed E-state index contributed by atoms with van der Waals surface area (Å²) in [5.41, 5.74) is 1.73. The first-order valence-corrected chi connectivity index (χ1v) is 9.79. The largest absolute Gasteiger partial charge is 0.351 e. The molecule has 25 heavy (non-hydrogen) atoms. The quantitative estimate of drug-likeness (QED) is 0.420. The summed E-state index contributed by atoms with van der Waals surface area (Å²) in [4.78, 5) is 11.8. The minimum Gasteiger partial charge on any atom is -0.351 e. The van der Waals surface area contributed by atoms with Gasteiger partial charge in [-0.25, -0.2) is 4.98 Å². The Labute approximate surface area is 168 Å². The van der Waals surface area contributed by atoms with Crippen LogP contribution in [-0.2, 0) is 19.5 Å². The lowest BCUT2D eigenvalue weighted by atomic mass is 9.73. The molecule has 1 aliphatic carbocycles. The lowest BCUT2D eigenvalue weighted by Crippen LogP contribution is -2.41. The molecule has 1 saturated carbocycles. The molecule has 2 aliphatic heterocycles. The van der Waals surface area contributed by atoms with Crippen molar-refractivity contribution in [2.45, 2.75) is 70.9 Å². The van der Waals surface area contributed by atoms with Crippen LogP contribution in [0.4, 0.5) is 0 Å². The molecule has 140 valence electrons. The summed E-state index contributed by atoms with van der Waals surface area (Å²) in [6.45, 7) is 4.26. The van der Waals surface area contributed by atoms with E-state index >= 15 is 0 Å². The molecule has 3 heterocycles. The molecule has 1 spiro atoms. The maximum atomic E-state index is 4.79. The molecular formula is C19H32IN5. The van der Waals surface area contributed by atoms with Crippen LogP contribution in [0.2, 0.25) is 0 Å². The highest BCUT2D eigenvalue weighted by molar-refractivity contribution is 14.0. The predicted octanol–water partition coefficient (Wildman–Crippen LogP) is 3.57. The first-order valence-electron chi connectivity index (χ1n) is 9.79. The van der Waals surface area contributed by atoms with Gasteiger partial charge in [0.1, 0.15) is 5.82 Å². The van der Waals surface area contributed by atoms with Crippen molar-refractivity contribution in [2.75, 3.05) is 20.1 Å². The fourth-order valence-electron chi connectivity index (χ4n) is 4.88. The van der Waals surface area contributed by atoms with Gasteiger partial charge in [0.25, 0.3) is 0 Å². The zero-order chi connectivity index (χ0) is 16.4. The molecule has 0 unspecified atom stereocenters. The van der Waals surface area contributed by atoms with Crippen molar-refractivity contribution in [1.82, 2.24) is 19.8 Å². The molecular weight excluding hydrogens is 425 g/mol. The minimum absolute atomic E-state index is 0. The van der Waals surface area contributed by atoms with E-state index < -0.39 is 0 Å². The second-order valence-corrected chi connectivity index (χ2v) is 7.93. The van der Waals surface area contributed by atoms with Crippen molar-refractivity contribution in [3.05, 3.63) is 17.7 Å². The van der Waals surface area contributed by atoms with Gasteiger partial charge in [-0.2, -0.15) is 0 Å². The molecule has 5 nitrogen and oxygen atoms in total. The van der Waals surface area contributed by atoms with Gasteiger partial charge in [0.15, 0.2) is 5.96 Å². The van der Waals surface area contributed by atoms with Crippen LogP contribution in [0.25, 0.3) is 0 Å². The van der Waals surface area contributed by atoms with E-state index in [1.54, 1.807) is 0 Å². The second-order valence-electron chi connectivity index (χ2n) is 7.93. The Hall–Kier alpha value is -0.790. The Morgan fingerprint density at radius 1 is 1.16 bits per heavy atom. The van der Waals surface area contributed by atoms with Gasteiger partial charge in [-0.15, -0.1) is 24.0 Å². The fraction of sp³-hybridized carbons (Fsp3) is 0.789. The zero-order valence-corrected chi connectivity index (χ0v) is 17.8. The van der Waals surface area contributed by atoms with Crippen molar-refractivity contribution in [1.29, 1.82) is 0 Å². The first kappa shape index (κ1) is 19.0. The highest BCUT2D eigenvalue weighted by Crippen LogP contribution is 2.43. The number of halogens is 1. The Morgan fingerprint density at radius 3 is 2.76 bits per heavy atom. The smallest absolute Gasteiger partial charge is 0.193 e. The molecule has 0 aromatic carbocycles. The lowest BCUT2D eigenvalue weighted by Gasteiger charge is -2.33. The van der Waals surface area contributed by atoms with Crippen LogP contribution in [0, 0.1) is 5.41 Å². The number of nitrogens with zero attached hydrogens (tertiary/aromatic N) is 4. The van der Waals surface area contributed by atoms with Crippen LogP contribution < -0.4 is 5.32 Å². The monoisotopic (exact) mass is 457 g/mol. The van der Waals surface area contributed by atoms with Crippen molar-refractivity contribution in [3.63, 3.8) is 0 Å². The third-order valence-corrected chi connectivity index (χ3v) is 6.25. The number of hydrogen-bond donors (Lipinski definition) is 1. The van der Waals surface area contributed by atoms with Crippen LogP contribution in [-0.4, -0.2) is 40.5 Å². The lowest BCUT2D eigenvalue weighted by molar-refractivity contribution is 0.203. The SMILES string of the molecule is CN=C(NCc1cn2c(n1)CCCC2)N1CCC2(CCCCC2)C1.I. The van der Waals surface area contributed by atoms with Gasteiger partial charge >= 0.3 is 0 Å². The van der Waals surface area contributed by atoms with Crippen molar-refractivity contribution in [2.24, 2.45) is 10.4 Å². The van der Waals surface area contributed by atoms with Gasteiger partial charge in [-0.3, -0.25) is 4.99 Å². The number of aliphatic imine (C=N–C) groups is 1.